The van der Waals surface area contributed by atoms with Gasteiger partial charge in [-0.2, -0.15) is 17.0 Å². The summed E-state index contributed by atoms with van der Waals surface area (Å²) in [6, 6.07) is 7.83. The Morgan fingerprint density at radius 2 is 1.89 bits per heavy atom. The molecule has 28 heavy (non-hydrogen) atoms. The van der Waals surface area contributed by atoms with Gasteiger partial charge in [-0.25, -0.2) is 0 Å². The summed E-state index contributed by atoms with van der Waals surface area (Å²) in [5.74, 6) is 1.46. The van der Waals surface area contributed by atoms with Crippen LogP contribution in [0.3, 0.4) is 0 Å². The maximum absolute atomic E-state index is 12.9. The van der Waals surface area contributed by atoms with Crippen LogP contribution in [0.4, 0.5) is 0 Å². The van der Waals surface area contributed by atoms with Crippen molar-refractivity contribution in [2.75, 3.05) is 33.7 Å². The highest BCUT2D eigenvalue weighted by Gasteiger charge is 2.40. The number of benzene rings is 1. The summed E-state index contributed by atoms with van der Waals surface area (Å²) in [6.45, 7) is 1.77. The fourth-order valence-corrected chi connectivity index (χ4v) is 5.78. The Morgan fingerprint density at radius 3 is 2.50 bits per heavy atom. The van der Waals surface area contributed by atoms with E-state index in [1.54, 1.807) is 14.1 Å². The normalized spacial score (nSPS) is 26.2. The minimum atomic E-state index is -3.37. The first-order valence-electron chi connectivity index (χ1n) is 10.1. The molecule has 7 nitrogen and oxygen atoms in total. The molecule has 2 saturated heterocycles. The van der Waals surface area contributed by atoms with E-state index in [1.165, 1.54) is 15.0 Å². The van der Waals surface area contributed by atoms with E-state index in [2.05, 4.69) is 0 Å². The summed E-state index contributed by atoms with van der Waals surface area (Å²) in [7, 11) is -0.271. The average Bonchev–Trinajstić information content (AvgIpc) is 3.31. The highest BCUT2D eigenvalue weighted by molar-refractivity contribution is 7.86. The van der Waals surface area contributed by atoms with Crippen molar-refractivity contribution in [2.45, 2.75) is 44.2 Å². The van der Waals surface area contributed by atoms with Crippen LogP contribution >= 0.6 is 0 Å². The molecule has 1 aromatic rings. The van der Waals surface area contributed by atoms with Gasteiger partial charge in [-0.05, 0) is 56.2 Å². The van der Waals surface area contributed by atoms with Gasteiger partial charge in [-0.1, -0.05) is 6.07 Å². The lowest BCUT2D eigenvalue weighted by atomic mass is 10.1. The molecule has 2 aliphatic heterocycles. The second-order valence-electron chi connectivity index (χ2n) is 8.32. The lowest BCUT2D eigenvalue weighted by Crippen LogP contribution is -2.46. The first-order chi connectivity index (χ1) is 13.3. The topological polar surface area (TPSA) is 70.2 Å². The number of carbonyl (C=O) groups is 1. The average molecular weight is 408 g/mol. The zero-order chi connectivity index (χ0) is 19.9. The Kier molecular flexibility index (Phi) is 5.37. The number of nitrogens with zero attached hydrogens (tertiary/aromatic N) is 3. The van der Waals surface area contributed by atoms with Crippen LogP contribution in [0, 0.1) is 5.92 Å². The number of piperidine rings is 2. The Balaban J connectivity index is 1.36. The van der Waals surface area contributed by atoms with Crippen LogP contribution in [0.5, 0.6) is 5.75 Å². The summed E-state index contributed by atoms with van der Waals surface area (Å²) in [5, 5.41) is 0. The van der Waals surface area contributed by atoms with Gasteiger partial charge in [-0.15, -0.1) is 0 Å². The molecule has 154 valence electrons. The summed E-state index contributed by atoms with van der Waals surface area (Å²) < 4.78 is 33.3. The van der Waals surface area contributed by atoms with Gasteiger partial charge >= 0.3 is 0 Å². The standard InChI is InChI=1S/C20H29N3O4S/c1-21(2)28(25,26)22-10-8-18(9-11-22)27-19-5-3-4-16(13-19)20(24)23-14-15-6-7-17(23)12-15/h3-5,13,15,17-18H,6-12,14H2,1-2H3/t15-,17+/m1/s1. The number of amides is 1. The summed E-state index contributed by atoms with van der Waals surface area (Å²) in [6.07, 6.45) is 4.76. The quantitative estimate of drug-likeness (QED) is 0.748. The molecule has 1 aromatic carbocycles. The zero-order valence-electron chi connectivity index (χ0n) is 16.6. The van der Waals surface area contributed by atoms with Gasteiger partial charge in [0, 0.05) is 45.3 Å². The van der Waals surface area contributed by atoms with Crippen LogP contribution in [0.15, 0.2) is 24.3 Å². The molecule has 1 amide bonds. The van der Waals surface area contributed by atoms with Crippen LogP contribution in [0.1, 0.15) is 42.5 Å². The molecule has 1 aliphatic carbocycles. The molecule has 2 atom stereocenters. The molecule has 3 fully saturated rings. The van der Waals surface area contributed by atoms with Gasteiger partial charge in [0.2, 0.25) is 0 Å². The Hall–Kier alpha value is -1.64. The van der Waals surface area contributed by atoms with Gasteiger partial charge in [0.25, 0.3) is 16.1 Å². The van der Waals surface area contributed by atoms with Crippen molar-refractivity contribution in [2.24, 2.45) is 5.92 Å². The molecule has 0 N–H and O–H groups in total. The second kappa shape index (κ2) is 7.65. The molecule has 2 heterocycles. The van der Waals surface area contributed by atoms with Crippen LogP contribution in [0.25, 0.3) is 0 Å². The smallest absolute Gasteiger partial charge is 0.281 e. The van der Waals surface area contributed by atoms with Gasteiger partial charge in [0.1, 0.15) is 11.9 Å². The molecule has 4 rings (SSSR count). The van der Waals surface area contributed by atoms with Crippen molar-refractivity contribution in [3.8, 4) is 5.75 Å². The van der Waals surface area contributed by atoms with E-state index in [0.717, 1.165) is 19.4 Å². The number of hydrogen-bond donors (Lipinski definition) is 0. The number of fused-ring (bicyclic) bond motifs is 2. The lowest BCUT2D eigenvalue weighted by molar-refractivity contribution is 0.0702. The van der Waals surface area contributed by atoms with E-state index in [0.29, 0.717) is 49.2 Å². The number of rotatable bonds is 5. The summed E-state index contributed by atoms with van der Waals surface area (Å²) in [4.78, 5) is 14.9. The fraction of sp³-hybridized carbons (Fsp3) is 0.650. The molecule has 0 spiro atoms. The van der Waals surface area contributed by atoms with Crippen molar-refractivity contribution in [1.82, 2.24) is 13.5 Å². The predicted molar refractivity (Wildman–Crippen MR) is 106 cm³/mol. The number of likely N-dealkylation sites (tertiary alicyclic amines) is 1. The van der Waals surface area contributed by atoms with Crippen molar-refractivity contribution < 1.29 is 17.9 Å². The minimum absolute atomic E-state index is 0.0400. The lowest BCUT2D eigenvalue weighted by Gasteiger charge is -2.33. The van der Waals surface area contributed by atoms with Gasteiger partial charge in [0.15, 0.2) is 0 Å². The van der Waals surface area contributed by atoms with Crippen LogP contribution in [-0.4, -0.2) is 73.7 Å². The first-order valence-corrected chi connectivity index (χ1v) is 11.5. The van der Waals surface area contributed by atoms with Crippen molar-refractivity contribution in [3.05, 3.63) is 29.8 Å². The maximum atomic E-state index is 12.9. The Labute approximate surface area is 167 Å². The van der Waals surface area contributed by atoms with Gasteiger partial charge < -0.3 is 9.64 Å². The number of ether oxygens (including phenoxy) is 1. The second-order valence-corrected chi connectivity index (χ2v) is 10.5. The van der Waals surface area contributed by atoms with E-state index in [1.807, 2.05) is 29.2 Å². The first kappa shape index (κ1) is 19.7. The SMILES string of the molecule is CN(C)S(=O)(=O)N1CCC(Oc2cccc(C(=O)N3C[C@@H]4CC[C@H]3C4)c2)CC1. The minimum Gasteiger partial charge on any atom is -0.490 e. The maximum Gasteiger partial charge on any atom is 0.281 e. The molecule has 0 radical (unpaired) electrons. The third kappa shape index (κ3) is 3.77. The molecule has 3 aliphatic rings. The monoisotopic (exact) mass is 407 g/mol. The van der Waals surface area contributed by atoms with Crippen molar-refractivity contribution >= 4 is 16.1 Å². The molecule has 1 saturated carbocycles. The van der Waals surface area contributed by atoms with Gasteiger partial charge in [-0.3, -0.25) is 4.79 Å². The van der Waals surface area contributed by atoms with E-state index >= 15 is 0 Å². The Morgan fingerprint density at radius 1 is 1.14 bits per heavy atom. The van der Waals surface area contributed by atoms with E-state index < -0.39 is 10.2 Å². The molecule has 8 heteroatoms. The molecular formula is C20H29N3O4S. The van der Waals surface area contributed by atoms with Gasteiger partial charge in [0.05, 0.1) is 0 Å². The zero-order valence-corrected chi connectivity index (χ0v) is 17.4. The third-order valence-corrected chi connectivity index (χ3v) is 8.18. The van der Waals surface area contributed by atoms with E-state index in [-0.39, 0.29) is 12.0 Å². The molecule has 0 unspecified atom stereocenters. The highest BCUT2D eigenvalue weighted by Crippen LogP contribution is 2.38. The van der Waals surface area contributed by atoms with Crippen molar-refractivity contribution in [3.63, 3.8) is 0 Å². The highest BCUT2D eigenvalue weighted by atomic mass is 32.2. The van der Waals surface area contributed by atoms with Crippen LogP contribution in [-0.2, 0) is 10.2 Å². The van der Waals surface area contributed by atoms with Crippen LogP contribution in [0.2, 0.25) is 0 Å². The van der Waals surface area contributed by atoms with Crippen molar-refractivity contribution in [1.29, 1.82) is 0 Å². The predicted octanol–water partition coefficient (Wildman–Crippen LogP) is 1.96. The van der Waals surface area contributed by atoms with E-state index in [9.17, 15) is 13.2 Å². The molecule has 0 aromatic heterocycles. The third-order valence-electron chi connectivity index (χ3n) is 6.24. The number of hydrogen-bond acceptors (Lipinski definition) is 4. The summed E-state index contributed by atoms with van der Waals surface area (Å²) >= 11 is 0. The fourth-order valence-electron chi connectivity index (χ4n) is 4.65. The molecule has 2 bridgehead atoms. The number of carbonyl (C=O) groups excluding carboxylic acids is 1. The largest absolute Gasteiger partial charge is 0.490 e. The summed E-state index contributed by atoms with van der Waals surface area (Å²) in [5.41, 5.74) is 0.678. The molecular weight excluding hydrogens is 378 g/mol. The van der Waals surface area contributed by atoms with E-state index in [4.69, 9.17) is 4.74 Å². The Bertz CT molecular complexity index is 834. The van der Waals surface area contributed by atoms with Crippen LogP contribution < -0.4 is 4.74 Å².